The number of rotatable bonds is 0. The molecular formula is C14H12FI. The quantitative estimate of drug-likeness (QED) is 0.500. The Morgan fingerprint density at radius 3 is 2.38 bits per heavy atom. The summed E-state index contributed by atoms with van der Waals surface area (Å²) in [6.07, 6.45) is 0. The average molecular weight is 326 g/mol. The molecule has 82 valence electrons. The van der Waals surface area contributed by atoms with E-state index in [0.717, 1.165) is 5.56 Å². The van der Waals surface area contributed by atoms with Crippen LogP contribution >= 0.6 is 22.6 Å². The second kappa shape index (κ2) is 5.37. The molecule has 0 amide bonds. The Bertz CT molecular complexity index is 501. The second-order valence-electron chi connectivity index (χ2n) is 4.41. The van der Waals surface area contributed by atoms with E-state index in [0.29, 0.717) is 5.56 Å². The number of halogens is 2. The molecule has 0 aliphatic rings. The Balaban J connectivity index is 3.20. The van der Waals surface area contributed by atoms with Crippen LogP contribution in [0.15, 0.2) is 18.2 Å². The van der Waals surface area contributed by atoms with E-state index in [1.165, 1.54) is 12.1 Å². The van der Waals surface area contributed by atoms with Gasteiger partial charge < -0.3 is 0 Å². The van der Waals surface area contributed by atoms with Crippen molar-refractivity contribution < 1.29 is 4.39 Å². The first-order valence-electron chi connectivity index (χ1n) is 4.87. The van der Waals surface area contributed by atoms with Gasteiger partial charge in [0, 0.05) is 39.1 Å². The van der Waals surface area contributed by atoms with Crippen molar-refractivity contribution in [2.75, 3.05) is 0 Å². The van der Waals surface area contributed by atoms with E-state index < -0.39 is 0 Å². The summed E-state index contributed by atoms with van der Waals surface area (Å²) in [7, 11) is 0. The van der Waals surface area contributed by atoms with Crippen LogP contribution in [0.3, 0.4) is 0 Å². The van der Waals surface area contributed by atoms with Gasteiger partial charge in [0.1, 0.15) is 5.82 Å². The molecule has 0 bridgehead atoms. The van der Waals surface area contributed by atoms with Crippen LogP contribution in [0.2, 0.25) is 0 Å². The van der Waals surface area contributed by atoms with Crippen LogP contribution in [0.1, 0.15) is 31.9 Å². The SMILES string of the molecule is CC(C)(C)C#Cc1ccc(F)cc1C#CI. The molecule has 0 unspecified atom stereocenters. The molecule has 0 aliphatic carbocycles. The lowest BCUT2D eigenvalue weighted by Gasteiger charge is -2.07. The lowest BCUT2D eigenvalue weighted by atomic mass is 9.97. The van der Waals surface area contributed by atoms with Crippen molar-refractivity contribution in [3.63, 3.8) is 0 Å². The largest absolute Gasteiger partial charge is 0.207 e. The summed E-state index contributed by atoms with van der Waals surface area (Å²) in [4.78, 5) is 0. The third kappa shape index (κ3) is 4.24. The summed E-state index contributed by atoms with van der Waals surface area (Å²) in [5.74, 6) is 8.72. The zero-order valence-electron chi connectivity index (χ0n) is 9.49. The minimum absolute atomic E-state index is 0.0661. The first-order valence-corrected chi connectivity index (χ1v) is 5.94. The van der Waals surface area contributed by atoms with Crippen LogP contribution in [0.25, 0.3) is 0 Å². The van der Waals surface area contributed by atoms with E-state index in [2.05, 4.69) is 21.7 Å². The molecule has 0 radical (unpaired) electrons. The normalized spacial score (nSPS) is 9.81. The van der Waals surface area contributed by atoms with Gasteiger partial charge in [-0.3, -0.25) is 0 Å². The molecule has 1 aromatic rings. The van der Waals surface area contributed by atoms with E-state index in [4.69, 9.17) is 0 Å². The lowest BCUT2D eigenvalue weighted by molar-refractivity contribution is 0.571. The molecule has 0 atom stereocenters. The van der Waals surface area contributed by atoms with E-state index in [9.17, 15) is 4.39 Å². The highest BCUT2D eigenvalue weighted by Crippen LogP contribution is 2.13. The Kier molecular flexibility index (Phi) is 4.38. The fourth-order valence-electron chi connectivity index (χ4n) is 1.03. The van der Waals surface area contributed by atoms with Crippen molar-refractivity contribution >= 4 is 22.6 Å². The van der Waals surface area contributed by atoms with Crippen LogP contribution in [-0.4, -0.2) is 0 Å². The van der Waals surface area contributed by atoms with Crippen LogP contribution in [0.5, 0.6) is 0 Å². The number of benzene rings is 1. The third-order valence-corrected chi connectivity index (χ3v) is 2.01. The van der Waals surface area contributed by atoms with Crippen molar-refractivity contribution in [2.45, 2.75) is 20.8 Å². The molecule has 0 fully saturated rings. The molecule has 16 heavy (non-hydrogen) atoms. The predicted octanol–water partition coefficient (Wildman–Crippen LogP) is 3.97. The van der Waals surface area contributed by atoms with Crippen LogP contribution in [-0.2, 0) is 0 Å². The first-order chi connectivity index (χ1) is 7.42. The van der Waals surface area contributed by atoms with E-state index in [1.54, 1.807) is 6.07 Å². The Morgan fingerprint density at radius 2 is 1.81 bits per heavy atom. The van der Waals surface area contributed by atoms with Crippen LogP contribution < -0.4 is 0 Å². The maximum Gasteiger partial charge on any atom is 0.124 e. The molecule has 0 heterocycles. The smallest absolute Gasteiger partial charge is 0.124 e. The van der Waals surface area contributed by atoms with Gasteiger partial charge in [0.05, 0.1) is 0 Å². The van der Waals surface area contributed by atoms with Crippen molar-refractivity contribution in [3.05, 3.63) is 35.1 Å². The summed E-state index contributed by atoms with van der Waals surface area (Å²) < 4.78 is 15.8. The highest BCUT2D eigenvalue weighted by atomic mass is 127. The van der Waals surface area contributed by atoms with Gasteiger partial charge in [-0.1, -0.05) is 17.8 Å². The van der Waals surface area contributed by atoms with Crippen molar-refractivity contribution in [2.24, 2.45) is 5.41 Å². The molecule has 0 aliphatic heterocycles. The fraction of sp³-hybridized carbons (Fsp3) is 0.286. The van der Waals surface area contributed by atoms with Crippen LogP contribution in [0.4, 0.5) is 4.39 Å². The predicted molar refractivity (Wildman–Crippen MR) is 73.6 cm³/mol. The highest BCUT2D eigenvalue weighted by molar-refractivity contribution is 14.1. The van der Waals surface area contributed by atoms with Gasteiger partial charge >= 0.3 is 0 Å². The maximum atomic E-state index is 13.0. The molecule has 1 aromatic carbocycles. The minimum atomic E-state index is -0.282. The first kappa shape index (κ1) is 13.1. The summed E-state index contributed by atoms with van der Waals surface area (Å²) >= 11 is 1.93. The zero-order chi connectivity index (χ0) is 12.2. The maximum absolute atomic E-state index is 13.0. The summed E-state index contributed by atoms with van der Waals surface area (Å²) in [5.41, 5.74) is 1.36. The van der Waals surface area contributed by atoms with Crippen molar-refractivity contribution in [1.82, 2.24) is 0 Å². The molecule has 0 aromatic heterocycles. The number of hydrogen-bond donors (Lipinski definition) is 0. The van der Waals surface area contributed by atoms with Gasteiger partial charge in [0.2, 0.25) is 0 Å². The fourth-order valence-corrected chi connectivity index (χ4v) is 1.33. The topological polar surface area (TPSA) is 0 Å². The van der Waals surface area contributed by atoms with E-state index >= 15 is 0 Å². The number of hydrogen-bond acceptors (Lipinski definition) is 0. The highest BCUT2D eigenvalue weighted by Gasteiger charge is 2.05. The minimum Gasteiger partial charge on any atom is -0.207 e. The molecule has 0 saturated heterocycles. The van der Waals surface area contributed by atoms with Gasteiger partial charge in [-0.15, -0.1) is 0 Å². The Hall–Kier alpha value is -1.00. The molecular weight excluding hydrogens is 314 g/mol. The monoisotopic (exact) mass is 326 g/mol. The Labute approximate surface area is 110 Å². The summed E-state index contributed by atoms with van der Waals surface area (Å²) in [6, 6.07) is 4.49. The zero-order valence-corrected chi connectivity index (χ0v) is 11.6. The summed E-state index contributed by atoms with van der Waals surface area (Å²) in [5, 5.41) is 0. The Morgan fingerprint density at radius 1 is 1.12 bits per heavy atom. The molecule has 2 heteroatoms. The molecule has 1 rings (SSSR count). The molecule has 0 saturated carbocycles. The van der Waals surface area contributed by atoms with Crippen LogP contribution in [0, 0.1) is 32.9 Å². The van der Waals surface area contributed by atoms with Gasteiger partial charge in [-0.05, 0) is 42.9 Å². The molecule has 0 N–H and O–H groups in total. The average Bonchev–Trinajstić information content (AvgIpc) is 2.15. The van der Waals surface area contributed by atoms with Gasteiger partial charge in [-0.25, -0.2) is 4.39 Å². The molecule has 0 spiro atoms. The van der Waals surface area contributed by atoms with Gasteiger partial charge in [0.25, 0.3) is 0 Å². The van der Waals surface area contributed by atoms with E-state index in [-0.39, 0.29) is 11.2 Å². The molecule has 0 nitrogen and oxygen atoms in total. The van der Waals surface area contributed by atoms with Gasteiger partial charge in [0.15, 0.2) is 0 Å². The lowest BCUT2D eigenvalue weighted by Crippen LogP contribution is -1.99. The third-order valence-electron chi connectivity index (χ3n) is 1.74. The van der Waals surface area contributed by atoms with E-state index in [1.807, 2.05) is 43.4 Å². The van der Waals surface area contributed by atoms with Crippen molar-refractivity contribution in [3.8, 4) is 21.7 Å². The second-order valence-corrected chi connectivity index (χ2v) is 4.95. The standard InChI is InChI=1S/C14H12FI/c1-14(2,3)8-6-11-4-5-13(15)10-12(11)7-9-16/h4-5,10H,1-3H3. The van der Waals surface area contributed by atoms with Gasteiger partial charge in [-0.2, -0.15) is 0 Å². The van der Waals surface area contributed by atoms with Crippen molar-refractivity contribution in [1.29, 1.82) is 0 Å². The summed E-state index contributed by atoms with van der Waals surface area (Å²) in [6.45, 7) is 6.10.